The summed E-state index contributed by atoms with van der Waals surface area (Å²) in [7, 11) is 1.60. The van der Waals surface area contributed by atoms with Crippen molar-refractivity contribution in [3.8, 4) is 5.75 Å². The van der Waals surface area contributed by atoms with Gasteiger partial charge in [-0.15, -0.1) is 0 Å². The van der Waals surface area contributed by atoms with Gasteiger partial charge in [-0.2, -0.15) is 5.10 Å². The van der Waals surface area contributed by atoms with E-state index in [1.807, 2.05) is 23.0 Å². The highest BCUT2D eigenvalue weighted by atomic mass is 35.5. The van der Waals surface area contributed by atoms with Gasteiger partial charge in [-0.25, -0.2) is 0 Å². The monoisotopic (exact) mass is 386 g/mol. The third kappa shape index (κ3) is 4.53. The fourth-order valence-electron chi connectivity index (χ4n) is 2.54. The highest BCUT2D eigenvalue weighted by Crippen LogP contribution is 2.27. The number of thiocarbonyl (C=S) groups is 1. The Hall–Kier alpha value is -2.57. The van der Waals surface area contributed by atoms with Crippen molar-refractivity contribution in [2.45, 2.75) is 13.5 Å². The molecule has 0 aliphatic rings. The number of methoxy groups -OCH3 is 1. The fourth-order valence-corrected chi connectivity index (χ4v) is 2.94. The van der Waals surface area contributed by atoms with E-state index in [-0.39, 0.29) is 0 Å². The molecule has 0 radical (unpaired) electrons. The van der Waals surface area contributed by atoms with Crippen molar-refractivity contribution in [1.29, 1.82) is 0 Å². The molecule has 2 aromatic carbocycles. The Balaban J connectivity index is 1.65. The topological polar surface area (TPSA) is 51.1 Å². The predicted molar refractivity (Wildman–Crippen MR) is 110 cm³/mol. The van der Waals surface area contributed by atoms with E-state index in [4.69, 9.17) is 28.6 Å². The molecule has 0 aliphatic carbocycles. The van der Waals surface area contributed by atoms with Crippen molar-refractivity contribution in [1.82, 2.24) is 9.78 Å². The van der Waals surface area contributed by atoms with Gasteiger partial charge in [0.2, 0.25) is 0 Å². The van der Waals surface area contributed by atoms with E-state index in [0.717, 1.165) is 5.69 Å². The molecule has 0 saturated carbocycles. The smallest absolute Gasteiger partial charge is 0.175 e. The summed E-state index contributed by atoms with van der Waals surface area (Å²) in [6, 6.07) is 13.6. The van der Waals surface area contributed by atoms with Gasteiger partial charge in [-0.05, 0) is 48.5 Å². The van der Waals surface area contributed by atoms with Gasteiger partial charge in [0.05, 0.1) is 31.2 Å². The molecule has 0 fully saturated rings. The van der Waals surface area contributed by atoms with Crippen LogP contribution in [0.3, 0.4) is 0 Å². The molecule has 0 spiro atoms. The average molecular weight is 387 g/mol. The number of aromatic nitrogens is 2. The Morgan fingerprint density at radius 1 is 1.23 bits per heavy atom. The third-order valence-electron chi connectivity index (χ3n) is 3.89. The molecule has 5 nitrogen and oxygen atoms in total. The van der Waals surface area contributed by atoms with Crippen molar-refractivity contribution < 1.29 is 4.74 Å². The molecule has 1 aromatic heterocycles. The van der Waals surface area contributed by atoms with Gasteiger partial charge >= 0.3 is 0 Å². The van der Waals surface area contributed by atoms with Crippen LogP contribution in [-0.2, 0) is 6.54 Å². The Labute approximate surface area is 162 Å². The number of ether oxygens (including phenoxy) is 1. The molecule has 0 bridgehead atoms. The molecule has 0 atom stereocenters. The first-order chi connectivity index (χ1) is 12.5. The lowest BCUT2D eigenvalue weighted by atomic mass is 10.1. The van der Waals surface area contributed by atoms with Gasteiger partial charge in [0.15, 0.2) is 5.11 Å². The number of aryl methyl sites for hydroxylation is 1. The first-order valence-electron chi connectivity index (χ1n) is 8.03. The maximum absolute atomic E-state index is 6.04. The molecule has 0 amide bonds. The first kappa shape index (κ1) is 18.2. The first-order valence-corrected chi connectivity index (χ1v) is 8.82. The zero-order valence-corrected chi connectivity index (χ0v) is 16.1. The van der Waals surface area contributed by atoms with Crippen molar-refractivity contribution in [2.24, 2.45) is 0 Å². The molecule has 3 aromatic rings. The second-order valence-corrected chi connectivity index (χ2v) is 6.62. The van der Waals surface area contributed by atoms with E-state index in [2.05, 4.69) is 34.8 Å². The highest BCUT2D eigenvalue weighted by molar-refractivity contribution is 7.80. The zero-order valence-electron chi connectivity index (χ0n) is 14.5. The van der Waals surface area contributed by atoms with Gasteiger partial charge in [-0.1, -0.05) is 35.9 Å². The van der Waals surface area contributed by atoms with Crippen LogP contribution < -0.4 is 15.4 Å². The van der Waals surface area contributed by atoms with Crippen LogP contribution in [0, 0.1) is 6.92 Å². The van der Waals surface area contributed by atoms with Gasteiger partial charge in [0, 0.05) is 11.2 Å². The maximum Gasteiger partial charge on any atom is 0.175 e. The van der Waals surface area contributed by atoms with Crippen LogP contribution in [0.4, 0.5) is 11.4 Å². The number of anilines is 2. The summed E-state index contributed by atoms with van der Waals surface area (Å²) >= 11 is 11.4. The number of nitrogens with one attached hydrogen (secondary N) is 2. The van der Waals surface area contributed by atoms with Crippen molar-refractivity contribution in [2.75, 3.05) is 17.7 Å². The van der Waals surface area contributed by atoms with E-state index in [0.29, 0.717) is 28.1 Å². The van der Waals surface area contributed by atoms with Crippen LogP contribution in [0.5, 0.6) is 5.75 Å². The van der Waals surface area contributed by atoms with Crippen LogP contribution in [-0.4, -0.2) is 22.0 Å². The molecule has 7 heteroatoms. The molecular weight excluding hydrogens is 368 g/mol. The van der Waals surface area contributed by atoms with E-state index in [1.165, 1.54) is 11.1 Å². The summed E-state index contributed by atoms with van der Waals surface area (Å²) in [5.74, 6) is 0.661. The lowest BCUT2D eigenvalue weighted by molar-refractivity contribution is 0.417. The molecule has 0 unspecified atom stereocenters. The number of benzene rings is 2. The normalized spacial score (nSPS) is 10.4. The maximum atomic E-state index is 6.04. The molecule has 26 heavy (non-hydrogen) atoms. The number of rotatable bonds is 5. The second kappa shape index (κ2) is 8.21. The summed E-state index contributed by atoms with van der Waals surface area (Å²) in [6.45, 7) is 2.80. The molecular formula is C19H19ClN4OS. The minimum atomic E-state index is 0.431. The summed E-state index contributed by atoms with van der Waals surface area (Å²) in [4.78, 5) is 0. The quantitative estimate of drug-likeness (QED) is 0.622. The van der Waals surface area contributed by atoms with Crippen LogP contribution in [0.15, 0.2) is 54.9 Å². The zero-order chi connectivity index (χ0) is 18.5. The molecule has 1 heterocycles. The third-order valence-corrected chi connectivity index (χ3v) is 4.33. The SMILES string of the molecule is COc1ccc(Cl)cc1NC(=S)Nc1cnn(Cc2ccccc2C)c1. The summed E-state index contributed by atoms with van der Waals surface area (Å²) in [6.07, 6.45) is 3.65. The van der Waals surface area contributed by atoms with Gasteiger partial charge in [0.1, 0.15) is 5.75 Å². The number of nitrogens with zero attached hydrogens (tertiary/aromatic N) is 2. The van der Waals surface area contributed by atoms with Crippen LogP contribution in [0.1, 0.15) is 11.1 Å². The molecule has 0 aliphatic heterocycles. The lowest BCUT2D eigenvalue weighted by Gasteiger charge is -2.12. The van der Waals surface area contributed by atoms with Crippen LogP contribution in [0.2, 0.25) is 5.02 Å². The minimum absolute atomic E-state index is 0.431. The van der Waals surface area contributed by atoms with Gasteiger partial charge in [0.25, 0.3) is 0 Å². The molecule has 0 saturated heterocycles. The summed E-state index contributed by atoms with van der Waals surface area (Å²) in [5, 5.41) is 11.6. The van der Waals surface area contributed by atoms with Crippen molar-refractivity contribution in [3.05, 3.63) is 71.0 Å². The fraction of sp³-hybridized carbons (Fsp3) is 0.158. The highest BCUT2D eigenvalue weighted by Gasteiger charge is 2.08. The standard InChI is InChI=1S/C19H19ClN4OS/c1-13-5-3-4-6-14(13)11-24-12-16(10-21-24)22-19(26)23-17-9-15(20)7-8-18(17)25-2/h3-10,12H,11H2,1-2H3,(H2,22,23,26). The summed E-state index contributed by atoms with van der Waals surface area (Å²) < 4.78 is 7.18. The number of hydrogen-bond acceptors (Lipinski definition) is 3. The summed E-state index contributed by atoms with van der Waals surface area (Å²) in [5.41, 5.74) is 3.97. The Morgan fingerprint density at radius 2 is 2.04 bits per heavy atom. The molecule has 134 valence electrons. The lowest BCUT2D eigenvalue weighted by Crippen LogP contribution is -2.19. The second-order valence-electron chi connectivity index (χ2n) is 5.78. The van der Waals surface area contributed by atoms with E-state index >= 15 is 0 Å². The largest absolute Gasteiger partial charge is 0.495 e. The van der Waals surface area contributed by atoms with Crippen molar-refractivity contribution >= 4 is 40.3 Å². The van der Waals surface area contributed by atoms with Crippen LogP contribution in [0.25, 0.3) is 0 Å². The van der Waals surface area contributed by atoms with Gasteiger partial charge in [-0.3, -0.25) is 4.68 Å². The van der Waals surface area contributed by atoms with Crippen molar-refractivity contribution in [3.63, 3.8) is 0 Å². The van der Waals surface area contributed by atoms with E-state index < -0.39 is 0 Å². The van der Waals surface area contributed by atoms with E-state index in [9.17, 15) is 0 Å². The number of halogens is 1. The van der Waals surface area contributed by atoms with E-state index in [1.54, 1.807) is 31.5 Å². The van der Waals surface area contributed by atoms with Gasteiger partial charge < -0.3 is 15.4 Å². The minimum Gasteiger partial charge on any atom is -0.495 e. The Morgan fingerprint density at radius 3 is 2.81 bits per heavy atom. The Kier molecular flexibility index (Phi) is 5.75. The molecule has 3 rings (SSSR count). The van der Waals surface area contributed by atoms with Crippen LogP contribution >= 0.6 is 23.8 Å². The number of hydrogen-bond donors (Lipinski definition) is 2. The Bertz CT molecular complexity index is 925. The molecule has 2 N–H and O–H groups in total. The predicted octanol–water partition coefficient (Wildman–Crippen LogP) is 4.71. The average Bonchev–Trinajstić information content (AvgIpc) is 3.04.